The maximum Gasteiger partial charge on any atom is 0.255 e. The molecule has 1 atom stereocenters. The molecule has 0 bridgehead atoms. The van der Waals surface area contributed by atoms with Crippen LogP contribution in [-0.4, -0.2) is 41.8 Å². The predicted molar refractivity (Wildman–Crippen MR) is 62.2 cm³/mol. The maximum atomic E-state index is 11.6. The topological polar surface area (TPSA) is 122 Å². The number of hydrogen-bond donors (Lipinski definition) is 4. The van der Waals surface area contributed by atoms with E-state index in [4.69, 9.17) is 15.6 Å². The minimum absolute atomic E-state index is 0.00692. The molecule has 0 heterocycles. The number of carbonyl (C=O) groups is 2. The quantitative estimate of drug-likeness (QED) is 0.535. The number of phenols is 1. The number of benzene rings is 1. The van der Waals surface area contributed by atoms with E-state index in [9.17, 15) is 14.7 Å². The fourth-order valence-corrected chi connectivity index (χ4v) is 1.22. The predicted octanol–water partition coefficient (Wildman–Crippen LogP) is -1.02. The van der Waals surface area contributed by atoms with Gasteiger partial charge >= 0.3 is 0 Å². The van der Waals surface area contributed by atoms with Crippen molar-refractivity contribution in [3.63, 3.8) is 0 Å². The number of phenolic OH excluding ortho intramolecular Hbond substituents is 1. The molecule has 1 unspecified atom stereocenters. The SMILES string of the molecule is COc1ccc(C(=O)NCC(O)C(N)=O)c(O)c1. The van der Waals surface area contributed by atoms with Gasteiger partial charge in [0, 0.05) is 6.07 Å². The number of carbonyl (C=O) groups excluding carboxylic acids is 2. The number of ether oxygens (including phenoxy) is 1. The van der Waals surface area contributed by atoms with E-state index in [2.05, 4.69) is 5.32 Å². The first-order valence-electron chi connectivity index (χ1n) is 5.08. The number of primary amides is 1. The van der Waals surface area contributed by atoms with Crippen molar-refractivity contribution in [1.82, 2.24) is 5.32 Å². The Bertz CT molecular complexity index is 461. The van der Waals surface area contributed by atoms with Crippen molar-refractivity contribution < 1.29 is 24.5 Å². The number of methoxy groups -OCH3 is 1. The van der Waals surface area contributed by atoms with E-state index >= 15 is 0 Å². The molecule has 5 N–H and O–H groups in total. The maximum absolute atomic E-state index is 11.6. The molecule has 0 aliphatic carbocycles. The third kappa shape index (κ3) is 3.36. The molecular formula is C11H14N2O5. The van der Waals surface area contributed by atoms with E-state index in [1.54, 1.807) is 0 Å². The Morgan fingerprint density at radius 3 is 2.67 bits per heavy atom. The van der Waals surface area contributed by atoms with Crippen LogP contribution in [0.25, 0.3) is 0 Å². The summed E-state index contributed by atoms with van der Waals surface area (Å²) in [5.74, 6) is -1.42. The van der Waals surface area contributed by atoms with E-state index < -0.39 is 17.9 Å². The lowest BCUT2D eigenvalue weighted by molar-refractivity contribution is -0.125. The molecule has 98 valence electrons. The van der Waals surface area contributed by atoms with Gasteiger partial charge in [-0.2, -0.15) is 0 Å². The van der Waals surface area contributed by atoms with Crippen LogP contribution in [0.5, 0.6) is 11.5 Å². The first kappa shape index (κ1) is 13.8. The second kappa shape index (κ2) is 5.87. The third-order valence-corrected chi connectivity index (χ3v) is 2.23. The van der Waals surface area contributed by atoms with Crippen LogP contribution in [0.2, 0.25) is 0 Å². The van der Waals surface area contributed by atoms with Crippen molar-refractivity contribution in [3.05, 3.63) is 23.8 Å². The Morgan fingerprint density at radius 1 is 1.50 bits per heavy atom. The summed E-state index contributed by atoms with van der Waals surface area (Å²) in [6.45, 7) is -0.320. The average Bonchev–Trinajstić information content (AvgIpc) is 2.34. The number of aromatic hydroxyl groups is 1. The van der Waals surface area contributed by atoms with E-state index in [1.165, 1.54) is 25.3 Å². The summed E-state index contributed by atoms with van der Waals surface area (Å²) in [6, 6.07) is 4.14. The molecular weight excluding hydrogens is 240 g/mol. The number of hydrogen-bond acceptors (Lipinski definition) is 5. The summed E-state index contributed by atoms with van der Waals surface area (Å²) in [7, 11) is 1.43. The normalized spacial score (nSPS) is 11.7. The van der Waals surface area contributed by atoms with Gasteiger partial charge in [-0.1, -0.05) is 0 Å². The van der Waals surface area contributed by atoms with Gasteiger partial charge in [-0.15, -0.1) is 0 Å². The lowest BCUT2D eigenvalue weighted by Gasteiger charge is -2.10. The van der Waals surface area contributed by atoms with Gasteiger partial charge < -0.3 is 26.0 Å². The van der Waals surface area contributed by atoms with Crippen molar-refractivity contribution >= 4 is 11.8 Å². The zero-order valence-corrected chi connectivity index (χ0v) is 9.71. The zero-order chi connectivity index (χ0) is 13.7. The highest BCUT2D eigenvalue weighted by Gasteiger charge is 2.15. The summed E-state index contributed by atoms with van der Waals surface area (Å²) >= 11 is 0. The molecule has 18 heavy (non-hydrogen) atoms. The van der Waals surface area contributed by atoms with Crippen LogP contribution >= 0.6 is 0 Å². The van der Waals surface area contributed by atoms with E-state index in [1.807, 2.05) is 0 Å². The molecule has 7 heteroatoms. The minimum atomic E-state index is -1.46. The van der Waals surface area contributed by atoms with Crippen molar-refractivity contribution in [2.24, 2.45) is 5.73 Å². The second-order valence-corrected chi connectivity index (χ2v) is 3.51. The number of amides is 2. The molecule has 1 aromatic rings. The van der Waals surface area contributed by atoms with Gasteiger partial charge in [0.05, 0.1) is 19.2 Å². The highest BCUT2D eigenvalue weighted by Crippen LogP contribution is 2.23. The van der Waals surface area contributed by atoms with Gasteiger partial charge in [-0.05, 0) is 12.1 Å². The Balaban J connectivity index is 2.70. The van der Waals surface area contributed by atoms with Crippen molar-refractivity contribution in [2.75, 3.05) is 13.7 Å². The fraction of sp³-hybridized carbons (Fsp3) is 0.273. The molecule has 2 amide bonds. The number of rotatable bonds is 5. The lowest BCUT2D eigenvalue weighted by atomic mass is 10.1. The molecule has 0 radical (unpaired) electrons. The average molecular weight is 254 g/mol. The first-order valence-corrected chi connectivity index (χ1v) is 5.08. The van der Waals surface area contributed by atoms with Crippen LogP contribution in [0.1, 0.15) is 10.4 Å². The van der Waals surface area contributed by atoms with Gasteiger partial charge in [0.15, 0.2) is 0 Å². The minimum Gasteiger partial charge on any atom is -0.507 e. The Hall–Kier alpha value is -2.28. The molecule has 0 aliphatic rings. The molecule has 1 rings (SSSR count). The third-order valence-electron chi connectivity index (χ3n) is 2.23. The molecule has 0 saturated heterocycles. The van der Waals surface area contributed by atoms with Crippen LogP contribution in [0.4, 0.5) is 0 Å². The van der Waals surface area contributed by atoms with Crippen LogP contribution < -0.4 is 15.8 Å². The molecule has 0 aliphatic heterocycles. The van der Waals surface area contributed by atoms with Crippen molar-refractivity contribution in [3.8, 4) is 11.5 Å². The van der Waals surface area contributed by atoms with Crippen LogP contribution in [0.3, 0.4) is 0 Å². The Labute approximate surface area is 103 Å². The highest BCUT2D eigenvalue weighted by molar-refractivity contribution is 5.97. The number of aliphatic hydroxyl groups is 1. The monoisotopic (exact) mass is 254 g/mol. The van der Waals surface area contributed by atoms with Gasteiger partial charge in [-0.25, -0.2) is 0 Å². The first-order chi connectivity index (χ1) is 8.45. The number of nitrogens with two attached hydrogens (primary N) is 1. The van der Waals surface area contributed by atoms with Gasteiger partial charge in [0.2, 0.25) is 5.91 Å². The second-order valence-electron chi connectivity index (χ2n) is 3.51. The number of aliphatic hydroxyl groups excluding tert-OH is 1. The van der Waals surface area contributed by atoms with Gasteiger partial charge in [0.1, 0.15) is 17.6 Å². The molecule has 0 saturated carbocycles. The molecule has 0 spiro atoms. The van der Waals surface area contributed by atoms with E-state index in [-0.39, 0.29) is 17.9 Å². The molecule has 0 aromatic heterocycles. The summed E-state index contributed by atoms with van der Waals surface area (Å²) < 4.78 is 4.87. The lowest BCUT2D eigenvalue weighted by Crippen LogP contribution is -2.39. The molecule has 0 fully saturated rings. The summed E-state index contributed by atoms with van der Waals surface area (Å²) in [4.78, 5) is 22.2. The zero-order valence-electron chi connectivity index (χ0n) is 9.71. The Kier molecular flexibility index (Phi) is 4.50. The van der Waals surface area contributed by atoms with Crippen molar-refractivity contribution in [1.29, 1.82) is 0 Å². The van der Waals surface area contributed by atoms with Gasteiger partial charge in [0.25, 0.3) is 5.91 Å². The fourth-order valence-electron chi connectivity index (χ4n) is 1.22. The molecule has 1 aromatic carbocycles. The summed E-state index contributed by atoms with van der Waals surface area (Å²) in [5, 5.41) is 20.9. The van der Waals surface area contributed by atoms with Crippen LogP contribution in [-0.2, 0) is 4.79 Å². The van der Waals surface area contributed by atoms with E-state index in [0.717, 1.165) is 0 Å². The number of nitrogens with one attached hydrogen (secondary N) is 1. The van der Waals surface area contributed by atoms with E-state index in [0.29, 0.717) is 5.75 Å². The highest BCUT2D eigenvalue weighted by atomic mass is 16.5. The van der Waals surface area contributed by atoms with Crippen molar-refractivity contribution in [2.45, 2.75) is 6.10 Å². The molecule has 7 nitrogen and oxygen atoms in total. The summed E-state index contributed by atoms with van der Waals surface area (Å²) in [6.07, 6.45) is -1.46. The van der Waals surface area contributed by atoms with Crippen LogP contribution in [0.15, 0.2) is 18.2 Å². The van der Waals surface area contributed by atoms with Gasteiger partial charge in [-0.3, -0.25) is 9.59 Å². The summed E-state index contributed by atoms with van der Waals surface area (Å²) in [5.41, 5.74) is 4.83. The standard InChI is InChI=1S/C11H14N2O5/c1-18-6-2-3-7(8(14)4-6)11(17)13-5-9(15)10(12)16/h2-4,9,14-15H,5H2,1H3,(H2,12,16)(H,13,17). The van der Waals surface area contributed by atoms with Crippen LogP contribution in [0, 0.1) is 0 Å². The smallest absolute Gasteiger partial charge is 0.255 e. The largest absolute Gasteiger partial charge is 0.507 e. The Morgan fingerprint density at radius 2 is 2.17 bits per heavy atom.